The van der Waals surface area contributed by atoms with Crippen LogP contribution in [0.15, 0.2) is 18.2 Å². The van der Waals surface area contributed by atoms with Crippen molar-refractivity contribution in [1.82, 2.24) is 0 Å². The van der Waals surface area contributed by atoms with Gasteiger partial charge in [0.2, 0.25) is 0 Å². The standard InChI is InChI=1S/C15H21NO8S2/c1-3-4-5-14(15(18)19)24-13-7-6-12(8-11(13)9-17)16(25(20)21)10-26(2,22)23/h6-9,14H,3-5,10H2,1-2H3,(H,18,19)(H,20,21)/p-1. The number of aldehydes is 1. The third-order valence-corrected chi connectivity index (χ3v) is 4.90. The fourth-order valence-electron chi connectivity index (χ4n) is 2.08. The van der Waals surface area contributed by atoms with Gasteiger partial charge in [-0.3, -0.25) is 13.3 Å². The maximum atomic E-state index is 11.4. The number of sulfone groups is 1. The van der Waals surface area contributed by atoms with Crippen LogP contribution in [-0.2, 0) is 25.9 Å². The van der Waals surface area contributed by atoms with Gasteiger partial charge < -0.3 is 14.4 Å². The van der Waals surface area contributed by atoms with Crippen LogP contribution in [0, 0.1) is 0 Å². The van der Waals surface area contributed by atoms with Crippen molar-refractivity contribution in [2.75, 3.05) is 16.4 Å². The summed E-state index contributed by atoms with van der Waals surface area (Å²) in [5.74, 6) is -2.00. The summed E-state index contributed by atoms with van der Waals surface area (Å²) in [6.07, 6.45) is 1.72. The van der Waals surface area contributed by atoms with Crippen LogP contribution in [-0.4, -0.2) is 52.8 Å². The molecule has 0 fully saturated rings. The molecule has 2 unspecified atom stereocenters. The molecule has 1 N–H and O–H groups in total. The van der Waals surface area contributed by atoms with Crippen LogP contribution in [0.2, 0.25) is 0 Å². The molecule has 0 saturated heterocycles. The van der Waals surface area contributed by atoms with Crippen molar-refractivity contribution in [2.24, 2.45) is 0 Å². The van der Waals surface area contributed by atoms with E-state index >= 15 is 0 Å². The lowest BCUT2D eigenvalue weighted by Gasteiger charge is -2.26. The molecule has 1 rings (SSSR count). The van der Waals surface area contributed by atoms with E-state index in [9.17, 15) is 31.9 Å². The van der Waals surface area contributed by atoms with E-state index in [1.54, 1.807) is 0 Å². The lowest BCUT2D eigenvalue weighted by Crippen LogP contribution is -2.31. The minimum Gasteiger partial charge on any atom is -0.755 e. The van der Waals surface area contributed by atoms with Crippen molar-refractivity contribution in [3.05, 3.63) is 23.8 Å². The molecular weight excluding hydrogens is 386 g/mol. The number of carbonyl (C=O) groups excluding carboxylic acids is 1. The zero-order valence-corrected chi connectivity index (χ0v) is 15.9. The first-order valence-electron chi connectivity index (χ1n) is 7.62. The predicted molar refractivity (Wildman–Crippen MR) is 94.5 cm³/mol. The second kappa shape index (κ2) is 9.64. The number of ether oxygens (including phenoxy) is 1. The Morgan fingerprint density at radius 1 is 1.46 bits per heavy atom. The van der Waals surface area contributed by atoms with Gasteiger partial charge in [-0.25, -0.2) is 13.2 Å². The minimum atomic E-state index is -3.65. The molecule has 0 amide bonds. The number of carbonyl (C=O) groups is 2. The number of anilines is 1. The van der Waals surface area contributed by atoms with Crippen LogP contribution in [0.25, 0.3) is 0 Å². The molecule has 0 aliphatic heterocycles. The molecule has 0 bridgehead atoms. The third-order valence-electron chi connectivity index (χ3n) is 3.30. The third kappa shape index (κ3) is 6.73. The van der Waals surface area contributed by atoms with Crippen molar-refractivity contribution < 1.29 is 36.6 Å². The SMILES string of the molecule is CCCCC(Oc1ccc(N(CS(C)(=O)=O)S(=O)[O-])cc1C=O)C(=O)O. The van der Waals surface area contributed by atoms with Crippen molar-refractivity contribution in [1.29, 1.82) is 0 Å². The molecule has 0 saturated carbocycles. The van der Waals surface area contributed by atoms with E-state index < -0.39 is 39.1 Å². The summed E-state index contributed by atoms with van der Waals surface area (Å²) >= 11 is -2.89. The van der Waals surface area contributed by atoms with Crippen molar-refractivity contribution in [2.45, 2.75) is 32.3 Å². The fourth-order valence-corrected chi connectivity index (χ4v) is 3.86. The number of aliphatic carboxylic acids is 1. The Bertz CT molecular complexity index is 778. The summed E-state index contributed by atoms with van der Waals surface area (Å²) in [7, 11) is -3.65. The van der Waals surface area contributed by atoms with Crippen LogP contribution in [0.4, 0.5) is 5.69 Å². The highest BCUT2D eigenvalue weighted by atomic mass is 32.2. The Kier molecular flexibility index (Phi) is 8.18. The van der Waals surface area contributed by atoms with Gasteiger partial charge in [0.05, 0.1) is 11.3 Å². The molecule has 1 aromatic rings. The van der Waals surface area contributed by atoms with Gasteiger partial charge in [0, 0.05) is 17.5 Å². The number of hydrogen-bond donors (Lipinski definition) is 1. The molecule has 0 aromatic heterocycles. The average molecular weight is 406 g/mol. The molecule has 9 nitrogen and oxygen atoms in total. The first kappa shape index (κ1) is 22.1. The van der Waals surface area contributed by atoms with Crippen LogP contribution in [0.1, 0.15) is 36.5 Å². The summed E-state index contributed by atoms with van der Waals surface area (Å²) < 4.78 is 51.3. The zero-order valence-electron chi connectivity index (χ0n) is 14.3. The van der Waals surface area contributed by atoms with Gasteiger partial charge in [0.1, 0.15) is 11.6 Å². The smallest absolute Gasteiger partial charge is 0.344 e. The molecule has 0 radical (unpaired) electrons. The van der Waals surface area contributed by atoms with Gasteiger partial charge in [0.25, 0.3) is 0 Å². The maximum absolute atomic E-state index is 11.4. The second-order valence-electron chi connectivity index (χ2n) is 5.58. The molecule has 1 aromatic carbocycles. The molecule has 0 aliphatic rings. The van der Waals surface area contributed by atoms with Gasteiger partial charge in [-0.15, -0.1) is 0 Å². The maximum Gasteiger partial charge on any atom is 0.344 e. The number of carboxylic acid groups (broad SMARTS) is 1. The Morgan fingerprint density at radius 3 is 2.58 bits per heavy atom. The van der Waals surface area contributed by atoms with E-state index in [1.807, 2.05) is 6.92 Å². The molecule has 146 valence electrons. The van der Waals surface area contributed by atoms with E-state index in [4.69, 9.17) is 4.74 Å². The van der Waals surface area contributed by atoms with E-state index in [-0.39, 0.29) is 23.4 Å². The Labute approximate surface area is 154 Å². The van der Waals surface area contributed by atoms with Crippen LogP contribution < -0.4 is 9.04 Å². The quantitative estimate of drug-likeness (QED) is 0.426. The summed E-state index contributed by atoms with van der Waals surface area (Å²) in [6.45, 7) is 1.89. The van der Waals surface area contributed by atoms with Crippen LogP contribution in [0.5, 0.6) is 5.75 Å². The monoisotopic (exact) mass is 406 g/mol. The second-order valence-corrected chi connectivity index (χ2v) is 8.56. The molecule has 0 spiro atoms. The molecule has 0 aliphatic carbocycles. The number of unbranched alkanes of at least 4 members (excludes halogenated alkanes) is 1. The Balaban J connectivity index is 3.17. The molecular formula is C15H20NO8S2-. The predicted octanol–water partition coefficient (Wildman–Crippen LogP) is 1.12. The highest BCUT2D eigenvalue weighted by molar-refractivity contribution is 7.92. The topological polar surface area (TPSA) is 141 Å². The Hall–Kier alpha value is -1.98. The zero-order chi connectivity index (χ0) is 19.9. The molecule has 11 heteroatoms. The number of carboxylic acids is 1. The lowest BCUT2D eigenvalue weighted by molar-refractivity contribution is -0.145. The van der Waals surface area contributed by atoms with E-state index in [0.717, 1.165) is 18.7 Å². The molecule has 0 heterocycles. The molecule has 2 atom stereocenters. The van der Waals surface area contributed by atoms with Crippen molar-refractivity contribution in [3.8, 4) is 5.75 Å². The summed E-state index contributed by atoms with van der Waals surface area (Å²) in [6, 6.07) is 3.60. The summed E-state index contributed by atoms with van der Waals surface area (Å²) in [5, 5.41) is 9.20. The first-order valence-corrected chi connectivity index (χ1v) is 10.7. The summed E-state index contributed by atoms with van der Waals surface area (Å²) in [4.78, 5) is 22.6. The fraction of sp³-hybridized carbons (Fsp3) is 0.467. The number of nitrogens with zero attached hydrogens (tertiary/aromatic N) is 1. The number of hydrogen-bond acceptors (Lipinski definition) is 7. The van der Waals surface area contributed by atoms with Crippen LogP contribution >= 0.6 is 0 Å². The highest BCUT2D eigenvalue weighted by Crippen LogP contribution is 2.26. The van der Waals surface area contributed by atoms with Crippen LogP contribution in [0.3, 0.4) is 0 Å². The summed E-state index contributed by atoms with van der Waals surface area (Å²) in [5.41, 5.74) is -0.146. The average Bonchev–Trinajstić information content (AvgIpc) is 2.55. The van der Waals surface area contributed by atoms with E-state index in [0.29, 0.717) is 17.0 Å². The van der Waals surface area contributed by atoms with Gasteiger partial charge in [-0.2, -0.15) is 0 Å². The number of benzene rings is 1. The first-order chi connectivity index (χ1) is 12.1. The van der Waals surface area contributed by atoms with Gasteiger partial charge >= 0.3 is 5.97 Å². The van der Waals surface area contributed by atoms with E-state index in [1.165, 1.54) is 12.1 Å². The van der Waals surface area contributed by atoms with Crippen molar-refractivity contribution in [3.63, 3.8) is 0 Å². The largest absolute Gasteiger partial charge is 0.755 e. The molecule has 26 heavy (non-hydrogen) atoms. The van der Waals surface area contributed by atoms with E-state index in [2.05, 4.69) is 0 Å². The van der Waals surface area contributed by atoms with Gasteiger partial charge in [-0.05, 0) is 31.0 Å². The minimum absolute atomic E-state index is 0.0248. The number of rotatable bonds is 11. The van der Waals surface area contributed by atoms with Gasteiger partial charge in [0.15, 0.2) is 22.2 Å². The Morgan fingerprint density at radius 2 is 2.12 bits per heavy atom. The normalized spacial score (nSPS) is 13.7. The lowest BCUT2D eigenvalue weighted by atomic mass is 10.1. The van der Waals surface area contributed by atoms with Gasteiger partial charge in [-0.1, -0.05) is 13.3 Å². The highest BCUT2D eigenvalue weighted by Gasteiger charge is 2.21. The van der Waals surface area contributed by atoms with Crippen molar-refractivity contribution >= 4 is 39.0 Å².